The summed E-state index contributed by atoms with van der Waals surface area (Å²) in [6, 6.07) is 0. The molecule has 0 heterocycles. The lowest BCUT2D eigenvalue weighted by molar-refractivity contribution is 0.0479. The van der Waals surface area contributed by atoms with E-state index in [0.717, 1.165) is 17.8 Å². The SMILES string of the molecule is C=CC1(C2CCC3CCCCC3C2)CCCCC1. The number of hydrogen-bond acceptors (Lipinski definition) is 0. The maximum atomic E-state index is 4.24. The molecule has 0 saturated heterocycles. The lowest BCUT2D eigenvalue weighted by Gasteiger charge is -2.48. The minimum atomic E-state index is 0.542. The topological polar surface area (TPSA) is 0 Å². The second-order valence-corrected chi connectivity index (χ2v) is 7.31. The molecule has 0 radical (unpaired) electrons. The van der Waals surface area contributed by atoms with Crippen molar-refractivity contribution in [2.24, 2.45) is 23.2 Å². The number of allylic oxidation sites excluding steroid dienone is 1. The summed E-state index contributed by atoms with van der Waals surface area (Å²) < 4.78 is 0. The Bertz CT molecular complexity index is 284. The van der Waals surface area contributed by atoms with Crippen LogP contribution in [0.1, 0.15) is 77.0 Å². The minimum Gasteiger partial charge on any atom is -0.103 e. The van der Waals surface area contributed by atoms with Crippen molar-refractivity contribution in [2.45, 2.75) is 77.0 Å². The van der Waals surface area contributed by atoms with Crippen LogP contribution >= 0.6 is 0 Å². The lowest BCUT2D eigenvalue weighted by Crippen LogP contribution is -2.38. The van der Waals surface area contributed by atoms with E-state index in [9.17, 15) is 0 Å². The molecule has 0 N–H and O–H groups in total. The van der Waals surface area contributed by atoms with Crippen molar-refractivity contribution in [1.29, 1.82) is 0 Å². The van der Waals surface area contributed by atoms with Gasteiger partial charge in [0.25, 0.3) is 0 Å². The Balaban J connectivity index is 1.70. The average molecular weight is 246 g/mol. The third kappa shape index (κ3) is 2.28. The first-order chi connectivity index (χ1) is 8.84. The van der Waals surface area contributed by atoms with Gasteiger partial charge in [0, 0.05) is 0 Å². The molecule has 0 aliphatic heterocycles. The van der Waals surface area contributed by atoms with E-state index in [1.54, 1.807) is 6.42 Å². The summed E-state index contributed by atoms with van der Waals surface area (Å²) in [5, 5.41) is 0. The Morgan fingerprint density at radius 3 is 2.22 bits per heavy atom. The molecule has 3 aliphatic rings. The zero-order valence-electron chi connectivity index (χ0n) is 12.0. The van der Waals surface area contributed by atoms with E-state index < -0.39 is 0 Å². The van der Waals surface area contributed by atoms with E-state index in [-0.39, 0.29) is 0 Å². The molecule has 0 aromatic heterocycles. The highest BCUT2D eigenvalue weighted by molar-refractivity contribution is 5.03. The zero-order valence-corrected chi connectivity index (χ0v) is 12.0. The first kappa shape index (κ1) is 12.8. The predicted octanol–water partition coefficient (Wildman–Crippen LogP) is 5.73. The van der Waals surface area contributed by atoms with E-state index in [0.29, 0.717) is 5.41 Å². The van der Waals surface area contributed by atoms with Gasteiger partial charge in [-0.25, -0.2) is 0 Å². The Kier molecular flexibility index (Phi) is 3.82. The maximum Gasteiger partial charge on any atom is -0.00925 e. The summed E-state index contributed by atoms with van der Waals surface area (Å²) in [6.45, 7) is 4.24. The Labute approximate surface area is 113 Å². The molecule has 102 valence electrons. The fourth-order valence-corrected chi connectivity index (χ4v) is 5.38. The summed E-state index contributed by atoms with van der Waals surface area (Å²) in [4.78, 5) is 0. The van der Waals surface area contributed by atoms with Crippen LogP contribution < -0.4 is 0 Å². The van der Waals surface area contributed by atoms with Gasteiger partial charge in [-0.05, 0) is 55.3 Å². The fraction of sp³-hybridized carbons (Fsp3) is 0.889. The van der Waals surface area contributed by atoms with Crippen molar-refractivity contribution in [3.8, 4) is 0 Å². The van der Waals surface area contributed by atoms with Crippen molar-refractivity contribution in [2.75, 3.05) is 0 Å². The van der Waals surface area contributed by atoms with Crippen molar-refractivity contribution < 1.29 is 0 Å². The molecule has 0 spiro atoms. The van der Waals surface area contributed by atoms with Gasteiger partial charge >= 0.3 is 0 Å². The molecule has 18 heavy (non-hydrogen) atoms. The van der Waals surface area contributed by atoms with Crippen LogP contribution in [0.3, 0.4) is 0 Å². The van der Waals surface area contributed by atoms with Crippen LogP contribution in [0.25, 0.3) is 0 Å². The smallest absolute Gasteiger partial charge is 0.00925 e. The molecule has 3 saturated carbocycles. The first-order valence-corrected chi connectivity index (χ1v) is 8.48. The van der Waals surface area contributed by atoms with Gasteiger partial charge < -0.3 is 0 Å². The summed E-state index contributed by atoms with van der Waals surface area (Å²) in [6.07, 6.45) is 20.3. The van der Waals surface area contributed by atoms with Gasteiger partial charge in [-0.15, -0.1) is 6.58 Å². The molecule has 0 aromatic carbocycles. The normalized spacial score (nSPS) is 39.9. The van der Waals surface area contributed by atoms with Gasteiger partial charge in [-0.3, -0.25) is 0 Å². The Hall–Kier alpha value is -0.260. The van der Waals surface area contributed by atoms with E-state index in [1.165, 1.54) is 70.6 Å². The molecule has 3 rings (SSSR count). The van der Waals surface area contributed by atoms with Crippen molar-refractivity contribution >= 4 is 0 Å². The van der Waals surface area contributed by atoms with E-state index >= 15 is 0 Å². The molecule has 0 heteroatoms. The van der Waals surface area contributed by atoms with Crippen LogP contribution in [-0.4, -0.2) is 0 Å². The summed E-state index contributed by atoms with van der Waals surface area (Å²) >= 11 is 0. The Morgan fingerprint density at radius 1 is 0.778 bits per heavy atom. The van der Waals surface area contributed by atoms with Crippen LogP contribution in [0.5, 0.6) is 0 Å². The highest BCUT2D eigenvalue weighted by atomic mass is 14.5. The number of rotatable bonds is 2. The molecule has 0 aromatic rings. The van der Waals surface area contributed by atoms with Gasteiger partial charge in [0.05, 0.1) is 0 Å². The quantitative estimate of drug-likeness (QED) is 0.546. The van der Waals surface area contributed by atoms with Crippen LogP contribution in [0, 0.1) is 23.2 Å². The molecule has 3 aliphatic carbocycles. The fourth-order valence-electron chi connectivity index (χ4n) is 5.38. The first-order valence-electron chi connectivity index (χ1n) is 8.48. The van der Waals surface area contributed by atoms with E-state index in [1.807, 2.05) is 0 Å². The average Bonchev–Trinajstić information content (AvgIpc) is 2.47. The standard InChI is InChI=1S/C18H30/c1-2-18(12-6-3-7-13-18)17-11-10-15-8-4-5-9-16(15)14-17/h2,15-17H,1,3-14H2. The van der Waals surface area contributed by atoms with Crippen LogP contribution in [-0.2, 0) is 0 Å². The van der Waals surface area contributed by atoms with Gasteiger partial charge in [-0.2, -0.15) is 0 Å². The Morgan fingerprint density at radius 2 is 1.50 bits per heavy atom. The van der Waals surface area contributed by atoms with E-state index in [4.69, 9.17) is 0 Å². The zero-order chi connectivity index (χ0) is 12.4. The second kappa shape index (κ2) is 5.39. The van der Waals surface area contributed by atoms with Crippen LogP contribution in [0.2, 0.25) is 0 Å². The van der Waals surface area contributed by atoms with Crippen LogP contribution in [0.15, 0.2) is 12.7 Å². The molecule has 0 nitrogen and oxygen atoms in total. The monoisotopic (exact) mass is 246 g/mol. The molecular weight excluding hydrogens is 216 g/mol. The van der Waals surface area contributed by atoms with Crippen molar-refractivity contribution in [3.05, 3.63) is 12.7 Å². The highest BCUT2D eigenvalue weighted by Crippen LogP contribution is 2.53. The molecule has 0 bridgehead atoms. The molecule has 0 amide bonds. The largest absolute Gasteiger partial charge is 0.103 e. The second-order valence-electron chi connectivity index (χ2n) is 7.31. The van der Waals surface area contributed by atoms with Crippen LogP contribution in [0.4, 0.5) is 0 Å². The number of fused-ring (bicyclic) bond motifs is 1. The highest BCUT2D eigenvalue weighted by Gasteiger charge is 2.42. The van der Waals surface area contributed by atoms with E-state index in [2.05, 4.69) is 12.7 Å². The molecule has 3 fully saturated rings. The lowest BCUT2D eigenvalue weighted by atomic mass is 9.57. The molecule has 3 unspecified atom stereocenters. The van der Waals surface area contributed by atoms with Gasteiger partial charge in [0.1, 0.15) is 0 Å². The third-order valence-electron chi connectivity index (χ3n) is 6.54. The maximum absolute atomic E-state index is 4.24. The van der Waals surface area contributed by atoms with Gasteiger partial charge in [0.15, 0.2) is 0 Å². The third-order valence-corrected chi connectivity index (χ3v) is 6.54. The summed E-state index contributed by atoms with van der Waals surface area (Å²) in [5.74, 6) is 3.16. The van der Waals surface area contributed by atoms with Crippen molar-refractivity contribution in [3.63, 3.8) is 0 Å². The summed E-state index contributed by atoms with van der Waals surface area (Å²) in [5.41, 5.74) is 0.542. The molecule has 3 atom stereocenters. The van der Waals surface area contributed by atoms with Gasteiger partial charge in [-0.1, -0.05) is 51.0 Å². The predicted molar refractivity (Wildman–Crippen MR) is 78.5 cm³/mol. The summed E-state index contributed by atoms with van der Waals surface area (Å²) in [7, 11) is 0. The molecular formula is C18H30. The van der Waals surface area contributed by atoms with Gasteiger partial charge in [0.2, 0.25) is 0 Å². The minimum absolute atomic E-state index is 0.542. The number of hydrogen-bond donors (Lipinski definition) is 0. The van der Waals surface area contributed by atoms with Crippen molar-refractivity contribution in [1.82, 2.24) is 0 Å².